The molecule has 4 N–H and O–H groups in total. The van der Waals surface area contributed by atoms with Gasteiger partial charge in [-0.25, -0.2) is 0 Å². The molecular formula is C16H25N3O2. The summed E-state index contributed by atoms with van der Waals surface area (Å²) >= 11 is 0. The summed E-state index contributed by atoms with van der Waals surface area (Å²) in [6.07, 6.45) is 1.91. The van der Waals surface area contributed by atoms with Crippen molar-refractivity contribution in [3.63, 3.8) is 0 Å². The maximum absolute atomic E-state index is 11.3. The summed E-state index contributed by atoms with van der Waals surface area (Å²) in [6, 6.07) is 8.30. The van der Waals surface area contributed by atoms with Gasteiger partial charge in [0.25, 0.3) is 0 Å². The van der Waals surface area contributed by atoms with E-state index in [4.69, 9.17) is 16.2 Å². The highest BCUT2D eigenvalue weighted by atomic mass is 16.5. The Balaban J connectivity index is 1.79. The molecule has 0 saturated carbocycles. The Kier molecular flexibility index (Phi) is 5.59. The van der Waals surface area contributed by atoms with Crippen LogP contribution < -0.4 is 16.2 Å². The van der Waals surface area contributed by atoms with E-state index in [1.165, 1.54) is 0 Å². The van der Waals surface area contributed by atoms with Crippen molar-refractivity contribution in [1.29, 1.82) is 0 Å². The molecule has 1 aliphatic rings. The largest absolute Gasteiger partial charge is 0.492 e. The molecule has 2 unspecified atom stereocenters. The fourth-order valence-electron chi connectivity index (χ4n) is 2.73. The minimum absolute atomic E-state index is 0.0231. The van der Waals surface area contributed by atoms with E-state index in [2.05, 4.69) is 11.8 Å². The normalized spacial score (nSPS) is 23.0. The van der Waals surface area contributed by atoms with Gasteiger partial charge in [0, 0.05) is 25.7 Å². The van der Waals surface area contributed by atoms with Crippen molar-refractivity contribution in [2.75, 3.05) is 19.7 Å². The van der Waals surface area contributed by atoms with Crippen LogP contribution in [0.5, 0.6) is 5.75 Å². The highest BCUT2D eigenvalue weighted by Crippen LogP contribution is 2.21. The molecule has 1 amide bonds. The van der Waals surface area contributed by atoms with E-state index in [9.17, 15) is 4.79 Å². The first-order chi connectivity index (χ1) is 10.1. The van der Waals surface area contributed by atoms with E-state index in [1.54, 1.807) is 0 Å². The quantitative estimate of drug-likeness (QED) is 0.822. The van der Waals surface area contributed by atoms with E-state index in [0.717, 1.165) is 37.2 Å². The monoisotopic (exact) mass is 291 g/mol. The number of piperidine rings is 1. The molecule has 21 heavy (non-hydrogen) atoms. The van der Waals surface area contributed by atoms with Gasteiger partial charge in [-0.15, -0.1) is 0 Å². The van der Waals surface area contributed by atoms with E-state index in [0.29, 0.717) is 19.2 Å². The molecular weight excluding hydrogens is 266 g/mol. The number of benzene rings is 1. The summed E-state index contributed by atoms with van der Waals surface area (Å²) < 4.78 is 5.75. The molecule has 0 radical (unpaired) electrons. The lowest BCUT2D eigenvalue weighted by atomic mass is 9.93. The number of ether oxygens (including phenoxy) is 1. The number of hydrogen-bond donors (Lipinski definition) is 2. The molecule has 5 nitrogen and oxygen atoms in total. The Morgan fingerprint density at radius 1 is 1.33 bits per heavy atom. The average Bonchev–Trinajstić information content (AvgIpc) is 2.49. The first kappa shape index (κ1) is 15.8. The Morgan fingerprint density at radius 3 is 2.67 bits per heavy atom. The zero-order valence-corrected chi connectivity index (χ0v) is 12.6. The number of rotatable bonds is 6. The molecule has 0 aromatic heterocycles. The second-order valence-corrected chi connectivity index (χ2v) is 5.72. The number of carbonyl (C=O) groups is 1. The van der Waals surface area contributed by atoms with Crippen LogP contribution in [0.1, 0.15) is 25.3 Å². The number of amides is 1. The van der Waals surface area contributed by atoms with E-state index >= 15 is 0 Å². The third-order valence-electron chi connectivity index (χ3n) is 4.22. The molecule has 0 spiro atoms. The predicted octanol–water partition coefficient (Wildman–Crippen LogP) is 1.11. The first-order valence-electron chi connectivity index (χ1n) is 7.55. The zero-order chi connectivity index (χ0) is 15.2. The van der Waals surface area contributed by atoms with Gasteiger partial charge in [-0.3, -0.25) is 9.69 Å². The van der Waals surface area contributed by atoms with Crippen LogP contribution in [-0.4, -0.2) is 36.5 Å². The Hall–Kier alpha value is -1.59. The molecule has 5 heteroatoms. The van der Waals surface area contributed by atoms with Gasteiger partial charge >= 0.3 is 0 Å². The first-order valence-corrected chi connectivity index (χ1v) is 7.55. The number of nitrogens with two attached hydrogens (primary N) is 2. The minimum atomic E-state index is -0.190. The maximum Gasteiger partial charge on any atom is 0.221 e. The summed E-state index contributed by atoms with van der Waals surface area (Å²) in [5, 5.41) is 0. The van der Waals surface area contributed by atoms with Gasteiger partial charge in [-0.1, -0.05) is 12.1 Å². The fraction of sp³-hybridized carbons (Fsp3) is 0.562. The van der Waals surface area contributed by atoms with Crippen LogP contribution in [0.4, 0.5) is 0 Å². The standard InChI is InChI=1S/C16H25N3O2/c1-12-2-5-14(16(18)20)11-19(12)8-9-21-15-6-3-13(10-17)4-7-15/h3-4,6-7,12,14H,2,5,8-11,17H2,1H3,(H2,18,20). The summed E-state index contributed by atoms with van der Waals surface area (Å²) in [7, 11) is 0. The molecule has 1 fully saturated rings. The van der Waals surface area contributed by atoms with Crippen molar-refractivity contribution in [3.8, 4) is 5.75 Å². The molecule has 1 aliphatic heterocycles. The van der Waals surface area contributed by atoms with Crippen LogP contribution in [-0.2, 0) is 11.3 Å². The summed E-state index contributed by atoms with van der Waals surface area (Å²) in [4.78, 5) is 13.6. The van der Waals surface area contributed by atoms with Crippen molar-refractivity contribution >= 4 is 5.91 Å². The molecule has 1 saturated heterocycles. The lowest BCUT2D eigenvalue weighted by Crippen LogP contribution is -2.47. The molecule has 1 aromatic carbocycles. The van der Waals surface area contributed by atoms with Crippen LogP contribution in [0.3, 0.4) is 0 Å². The van der Waals surface area contributed by atoms with Crippen LogP contribution in [0.2, 0.25) is 0 Å². The number of nitrogens with zero attached hydrogens (tertiary/aromatic N) is 1. The Labute approximate surface area is 126 Å². The Morgan fingerprint density at radius 2 is 2.05 bits per heavy atom. The second-order valence-electron chi connectivity index (χ2n) is 5.72. The van der Waals surface area contributed by atoms with Gasteiger partial charge in [0.1, 0.15) is 12.4 Å². The van der Waals surface area contributed by atoms with Gasteiger partial charge in [0.05, 0.1) is 5.92 Å². The minimum Gasteiger partial charge on any atom is -0.492 e. The lowest BCUT2D eigenvalue weighted by molar-refractivity contribution is -0.124. The molecule has 0 aliphatic carbocycles. The van der Waals surface area contributed by atoms with Crippen LogP contribution in [0, 0.1) is 5.92 Å². The van der Waals surface area contributed by atoms with Gasteiger partial charge in [0.15, 0.2) is 0 Å². The average molecular weight is 291 g/mol. The number of hydrogen-bond acceptors (Lipinski definition) is 4. The third-order valence-corrected chi connectivity index (χ3v) is 4.22. The fourth-order valence-corrected chi connectivity index (χ4v) is 2.73. The van der Waals surface area contributed by atoms with Crippen molar-refractivity contribution < 1.29 is 9.53 Å². The van der Waals surface area contributed by atoms with E-state index in [1.807, 2.05) is 24.3 Å². The van der Waals surface area contributed by atoms with Gasteiger partial charge in [0.2, 0.25) is 5.91 Å². The Bertz CT molecular complexity index is 461. The van der Waals surface area contributed by atoms with Crippen LogP contribution >= 0.6 is 0 Å². The second kappa shape index (κ2) is 7.43. The highest BCUT2D eigenvalue weighted by molar-refractivity contribution is 5.76. The van der Waals surface area contributed by atoms with Gasteiger partial charge < -0.3 is 16.2 Å². The smallest absolute Gasteiger partial charge is 0.221 e. The number of likely N-dealkylation sites (tertiary alicyclic amines) is 1. The highest BCUT2D eigenvalue weighted by Gasteiger charge is 2.28. The van der Waals surface area contributed by atoms with Crippen molar-refractivity contribution in [1.82, 2.24) is 4.90 Å². The molecule has 0 bridgehead atoms. The van der Waals surface area contributed by atoms with E-state index < -0.39 is 0 Å². The van der Waals surface area contributed by atoms with Gasteiger partial charge in [-0.2, -0.15) is 0 Å². The third kappa shape index (κ3) is 4.44. The van der Waals surface area contributed by atoms with Crippen LogP contribution in [0.25, 0.3) is 0 Å². The van der Waals surface area contributed by atoms with Gasteiger partial charge in [-0.05, 0) is 37.5 Å². The van der Waals surface area contributed by atoms with E-state index in [-0.39, 0.29) is 11.8 Å². The van der Waals surface area contributed by atoms with Crippen LogP contribution in [0.15, 0.2) is 24.3 Å². The lowest BCUT2D eigenvalue weighted by Gasteiger charge is -2.36. The summed E-state index contributed by atoms with van der Waals surface area (Å²) in [5.74, 6) is 0.638. The molecule has 1 heterocycles. The molecule has 1 aromatic rings. The van der Waals surface area contributed by atoms with Crippen molar-refractivity contribution in [3.05, 3.63) is 29.8 Å². The topological polar surface area (TPSA) is 81.6 Å². The zero-order valence-electron chi connectivity index (χ0n) is 12.6. The van der Waals surface area contributed by atoms with Crippen molar-refractivity contribution in [2.45, 2.75) is 32.4 Å². The number of primary amides is 1. The molecule has 2 atom stereocenters. The van der Waals surface area contributed by atoms with Crippen molar-refractivity contribution in [2.24, 2.45) is 17.4 Å². The molecule has 2 rings (SSSR count). The predicted molar refractivity (Wildman–Crippen MR) is 82.8 cm³/mol. The SMILES string of the molecule is CC1CCC(C(N)=O)CN1CCOc1ccc(CN)cc1. The number of carbonyl (C=O) groups excluding carboxylic acids is 1. The summed E-state index contributed by atoms with van der Waals surface area (Å²) in [6.45, 7) is 4.89. The maximum atomic E-state index is 11.3. The molecule has 116 valence electrons. The summed E-state index contributed by atoms with van der Waals surface area (Å²) in [5.41, 5.74) is 12.1.